The van der Waals surface area contributed by atoms with Gasteiger partial charge in [0.25, 0.3) is 0 Å². The van der Waals surface area contributed by atoms with Crippen LogP contribution < -0.4 is 0 Å². The molecule has 0 fully saturated rings. The van der Waals surface area contributed by atoms with Crippen molar-refractivity contribution in [1.82, 2.24) is 0 Å². The first kappa shape index (κ1) is 76.7. The van der Waals surface area contributed by atoms with Crippen LogP contribution in [-0.4, -0.2) is 37.2 Å². The highest BCUT2D eigenvalue weighted by molar-refractivity contribution is 5.71. The summed E-state index contributed by atoms with van der Waals surface area (Å²) in [6, 6.07) is 0. The Labute approximate surface area is 508 Å². The average Bonchev–Trinajstić information content (AvgIpc) is 3.50. The number of carbonyl (C=O) groups excluding carboxylic acids is 3. The molecule has 0 N–H and O–H groups in total. The lowest BCUT2D eigenvalue weighted by Crippen LogP contribution is -2.30. The van der Waals surface area contributed by atoms with Crippen LogP contribution in [0.4, 0.5) is 0 Å². The lowest BCUT2D eigenvalue weighted by Gasteiger charge is -2.18. The van der Waals surface area contributed by atoms with Gasteiger partial charge in [-0.15, -0.1) is 0 Å². The number of allylic oxidation sites excluding steroid dienone is 36. The molecular weight excluding hydrogens is 1020 g/mol. The van der Waals surface area contributed by atoms with E-state index in [2.05, 4.69) is 240 Å². The van der Waals surface area contributed by atoms with Crippen LogP contribution in [0.1, 0.15) is 226 Å². The van der Waals surface area contributed by atoms with Gasteiger partial charge < -0.3 is 14.2 Å². The Kier molecular flexibility index (Phi) is 63.1. The summed E-state index contributed by atoms with van der Waals surface area (Å²) in [5.41, 5.74) is 0. The molecule has 0 aliphatic carbocycles. The maximum absolute atomic E-state index is 12.9. The van der Waals surface area contributed by atoms with Gasteiger partial charge in [0.1, 0.15) is 13.2 Å². The summed E-state index contributed by atoms with van der Waals surface area (Å²) in [6.07, 6.45) is 106. The van der Waals surface area contributed by atoms with E-state index < -0.39 is 6.10 Å². The molecule has 0 bridgehead atoms. The summed E-state index contributed by atoms with van der Waals surface area (Å²) < 4.78 is 16.8. The first-order chi connectivity index (χ1) is 41.0. The number of hydrogen-bond donors (Lipinski definition) is 0. The first-order valence-corrected chi connectivity index (χ1v) is 32.2. The molecule has 0 aromatic rings. The molecule has 1 atom stereocenters. The Morgan fingerprint density at radius 1 is 0.241 bits per heavy atom. The summed E-state index contributed by atoms with van der Waals surface area (Å²) in [5.74, 6) is -1.06. The molecule has 0 rings (SSSR count). The number of ether oxygens (including phenoxy) is 3. The molecule has 0 amide bonds. The molecule has 0 aliphatic heterocycles. The van der Waals surface area contributed by atoms with E-state index in [4.69, 9.17) is 14.2 Å². The van der Waals surface area contributed by atoms with Gasteiger partial charge in [-0.1, -0.05) is 252 Å². The maximum Gasteiger partial charge on any atom is 0.306 e. The van der Waals surface area contributed by atoms with Gasteiger partial charge in [0.2, 0.25) is 0 Å². The zero-order chi connectivity index (χ0) is 59.9. The monoisotopic (exact) mass is 1130 g/mol. The molecule has 0 aromatic carbocycles. The Balaban J connectivity index is 4.65. The van der Waals surface area contributed by atoms with Crippen molar-refractivity contribution in [3.63, 3.8) is 0 Å². The van der Waals surface area contributed by atoms with Gasteiger partial charge in [-0.25, -0.2) is 0 Å². The Bertz CT molecular complexity index is 2080. The standard InChI is InChI=1S/C77H114O6/c1-4-7-10-13-16-19-22-25-28-31-34-36-37-38-39-41-43-46-49-52-55-58-61-64-67-70-76(79)82-73-74(72-81-75(78)69-66-63-60-57-54-51-48-45-42-33-30-27-24-21-18-15-12-9-6-3)83-77(80)71-68-65-62-59-56-53-50-47-44-40-35-32-29-26-23-20-17-14-11-8-5-2/h7-12,16-21,25-30,34-36,38-40,42-43,45-47,50-52,54-56,59,74H,4-6,13-15,22-24,31-33,37,41,44,48-49,53,57-58,60-73H2,1-3H3/b10-7-,11-8-,12-9-,19-16-,20-17-,21-18-,28-25-,29-26-,30-27-,36-34-,39-38-,40-35-,45-42-,46-43-,50-47-,54-51-,55-52-,59-56-. The highest BCUT2D eigenvalue weighted by Gasteiger charge is 2.19. The molecular formula is C77H114O6. The van der Waals surface area contributed by atoms with Crippen molar-refractivity contribution in [3.05, 3.63) is 219 Å². The summed E-state index contributed by atoms with van der Waals surface area (Å²) in [7, 11) is 0. The molecule has 0 saturated heterocycles. The Morgan fingerprint density at radius 3 is 0.675 bits per heavy atom. The molecule has 0 spiro atoms. The number of unbranched alkanes of at least 4 members (excludes halogenated alkanes) is 8. The zero-order valence-corrected chi connectivity index (χ0v) is 52.4. The fraction of sp³-hybridized carbons (Fsp3) is 0.494. The van der Waals surface area contributed by atoms with Crippen LogP contribution in [0.3, 0.4) is 0 Å². The van der Waals surface area contributed by atoms with Gasteiger partial charge in [-0.05, 0) is 173 Å². The van der Waals surface area contributed by atoms with Gasteiger partial charge in [0, 0.05) is 19.3 Å². The minimum absolute atomic E-state index is 0.138. The predicted molar refractivity (Wildman–Crippen MR) is 361 cm³/mol. The summed E-state index contributed by atoms with van der Waals surface area (Å²) >= 11 is 0. The van der Waals surface area contributed by atoms with Crippen LogP contribution in [-0.2, 0) is 28.6 Å². The topological polar surface area (TPSA) is 78.9 Å². The van der Waals surface area contributed by atoms with Crippen LogP contribution in [0.15, 0.2) is 219 Å². The number of rotatable bonds is 55. The Hall–Kier alpha value is -6.27. The number of carbonyl (C=O) groups is 3. The SMILES string of the molecule is CC/C=C\C/C=C\C/C=C\C/C=C\C/C=C\C/C=C\C/C=C\CCCCCC(=O)OCC(COC(=O)CCCCC/C=C\C/C=C\C/C=C\C/C=C\C/C=C\CC)OC(=O)CCCC/C=C\C/C=C\C/C=C\C/C=C\C/C=C\C/C=C\CC. The van der Waals surface area contributed by atoms with Crippen molar-refractivity contribution in [2.45, 2.75) is 232 Å². The minimum atomic E-state index is -0.847. The van der Waals surface area contributed by atoms with Crippen LogP contribution in [0.2, 0.25) is 0 Å². The molecule has 6 nitrogen and oxygen atoms in total. The van der Waals surface area contributed by atoms with Crippen LogP contribution in [0, 0.1) is 0 Å². The second kappa shape index (κ2) is 68.2. The molecule has 0 aliphatic rings. The van der Waals surface area contributed by atoms with Gasteiger partial charge in [0.05, 0.1) is 0 Å². The molecule has 83 heavy (non-hydrogen) atoms. The number of esters is 3. The third-order valence-corrected chi connectivity index (χ3v) is 12.5. The van der Waals surface area contributed by atoms with Crippen molar-refractivity contribution in [2.24, 2.45) is 0 Å². The summed E-state index contributed by atoms with van der Waals surface area (Å²) in [4.78, 5) is 38.4. The fourth-order valence-corrected chi connectivity index (χ4v) is 7.74. The third-order valence-electron chi connectivity index (χ3n) is 12.5. The third kappa shape index (κ3) is 66.4. The molecule has 0 heterocycles. The Morgan fingerprint density at radius 2 is 0.434 bits per heavy atom. The predicted octanol–water partition coefficient (Wildman–Crippen LogP) is 22.5. The number of hydrogen-bond acceptors (Lipinski definition) is 6. The highest BCUT2D eigenvalue weighted by atomic mass is 16.6. The molecule has 0 saturated carbocycles. The van der Waals surface area contributed by atoms with Crippen LogP contribution in [0.5, 0.6) is 0 Å². The lowest BCUT2D eigenvalue weighted by molar-refractivity contribution is -0.167. The van der Waals surface area contributed by atoms with Crippen molar-refractivity contribution >= 4 is 17.9 Å². The molecule has 1 unspecified atom stereocenters. The van der Waals surface area contributed by atoms with E-state index in [9.17, 15) is 14.4 Å². The molecule has 6 heteroatoms. The summed E-state index contributed by atoms with van der Waals surface area (Å²) in [6.45, 7) is 6.18. The van der Waals surface area contributed by atoms with Crippen molar-refractivity contribution < 1.29 is 28.6 Å². The van der Waals surface area contributed by atoms with Crippen LogP contribution >= 0.6 is 0 Å². The van der Waals surface area contributed by atoms with Gasteiger partial charge in [0.15, 0.2) is 6.10 Å². The normalized spacial score (nSPS) is 13.6. The van der Waals surface area contributed by atoms with Crippen LogP contribution in [0.25, 0.3) is 0 Å². The fourth-order valence-electron chi connectivity index (χ4n) is 7.74. The van der Waals surface area contributed by atoms with E-state index >= 15 is 0 Å². The van der Waals surface area contributed by atoms with E-state index in [1.807, 2.05) is 0 Å². The smallest absolute Gasteiger partial charge is 0.306 e. The highest BCUT2D eigenvalue weighted by Crippen LogP contribution is 2.11. The van der Waals surface area contributed by atoms with E-state index in [-0.39, 0.29) is 44.0 Å². The molecule has 458 valence electrons. The van der Waals surface area contributed by atoms with E-state index in [1.165, 1.54) is 0 Å². The maximum atomic E-state index is 12.9. The zero-order valence-electron chi connectivity index (χ0n) is 52.4. The molecule has 0 radical (unpaired) electrons. The largest absolute Gasteiger partial charge is 0.462 e. The van der Waals surface area contributed by atoms with Gasteiger partial charge in [-0.3, -0.25) is 14.4 Å². The lowest BCUT2D eigenvalue weighted by atomic mass is 10.1. The quantitative estimate of drug-likeness (QED) is 0.0261. The second-order valence-electron chi connectivity index (χ2n) is 20.2. The summed E-state index contributed by atoms with van der Waals surface area (Å²) in [5, 5.41) is 0. The van der Waals surface area contributed by atoms with E-state index in [1.54, 1.807) is 0 Å². The van der Waals surface area contributed by atoms with Gasteiger partial charge >= 0.3 is 17.9 Å². The minimum Gasteiger partial charge on any atom is -0.462 e. The van der Waals surface area contributed by atoms with Crippen molar-refractivity contribution in [2.75, 3.05) is 13.2 Å². The second-order valence-corrected chi connectivity index (χ2v) is 20.2. The molecule has 0 aromatic heterocycles. The van der Waals surface area contributed by atoms with E-state index in [0.717, 1.165) is 180 Å². The first-order valence-electron chi connectivity index (χ1n) is 32.2. The van der Waals surface area contributed by atoms with Crippen molar-refractivity contribution in [1.29, 1.82) is 0 Å². The average molecular weight is 1140 g/mol. The van der Waals surface area contributed by atoms with Gasteiger partial charge in [-0.2, -0.15) is 0 Å². The van der Waals surface area contributed by atoms with E-state index in [0.29, 0.717) is 12.8 Å². The van der Waals surface area contributed by atoms with Crippen molar-refractivity contribution in [3.8, 4) is 0 Å².